The van der Waals surface area contributed by atoms with Crippen molar-refractivity contribution in [2.24, 2.45) is 17.8 Å². The zero-order chi connectivity index (χ0) is 11.5. The van der Waals surface area contributed by atoms with Gasteiger partial charge in [-0.05, 0) is 50.0 Å². The molecule has 0 amide bonds. The van der Waals surface area contributed by atoms with Crippen LogP contribution in [-0.4, -0.2) is 0 Å². The lowest BCUT2D eigenvalue weighted by atomic mass is 9.53. The van der Waals surface area contributed by atoms with E-state index in [1.165, 1.54) is 44.1 Å². The van der Waals surface area contributed by atoms with E-state index in [4.69, 9.17) is 0 Å². The minimum Gasteiger partial charge on any atom is -0.200 e. The van der Waals surface area contributed by atoms with Crippen LogP contribution < -0.4 is 4.57 Å². The largest absolute Gasteiger partial charge is 0.200 e. The van der Waals surface area contributed by atoms with E-state index in [1.54, 1.807) is 0 Å². The van der Waals surface area contributed by atoms with E-state index in [1.807, 2.05) is 0 Å². The Balaban J connectivity index is 1.77. The summed E-state index contributed by atoms with van der Waals surface area (Å²) in [4.78, 5) is 0. The van der Waals surface area contributed by atoms with Crippen LogP contribution >= 0.6 is 0 Å². The van der Waals surface area contributed by atoms with Gasteiger partial charge < -0.3 is 0 Å². The average molecular weight is 228 g/mol. The normalized spacial score (nSPS) is 43.0. The molecule has 0 atom stereocenters. The van der Waals surface area contributed by atoms with E-state index in [0.29, 0.717) is 5.54 Å². The van der Waals surface area contributed by atoms with Crippen molar-refractivity contribution >= 4 is 0 Å². The molecule has 0 saturated heterocycles. The monoisotopic (exact) mass is 228 g/mol. The van der Waals surface area contributed by atoms with Crippen LogP contribution in [0.5, 0.6) is 0 Å². The molecule has 5 rings (SSSR count). The number of hydrogen-bond donors (Lipinski definition) is 0. The molecule has 1 aromatic rings. The van der Waals surface area contributed by atoms with Gasteiger partial charge in [-0.3, -0.25) is 0 Å². The molecule has 0 radical (unpaired) electrons. The number of hydrogen-bond acceptors (Lipinski definition) is 0. The molecule has 1 aromatic heterocycles. The maximum Gasteiger partial charge on any atom is 0.172 e. The van der Waals surface area contributed by atoms with E-state index in [0.717, 1.165) is 17.8 Å². The van der Waals surface area contributed by atoms with Gasteiger partial charge in [-0.2, -0.15) is 4.57 Å². The molecule has 0 unspecified atom stereocenters. The van der Waals surface area contributed by atoms with E-state index >= 15 is 0 Å². The van der Waals surface area contributed by atoms with Crippen molar-refractivity contribution in [3.63, 3.8) is 0 Å². The standard InChI is InChI=1S/C16H22N/c1-12-3-2-4-17(11-12)16-8-13-5-14(9-16)7-15(6-13)10-16/h2-4,11,13-15H,5-10H2,1H3/q+1. The number of aromatic nitrogens is 1. The number of nitrogens with zero attached hydrogens (tertiary/aromatic N) is 1. The van der Waals surface area contributed by atoms with Crippen molar-refractivity contribution in [1.82, 2.24) is 0 Å². The summed E-state index contributed by atoms with van der Waals surface area (Å²) in [6, 6.07) is 4.45. The van der Waals surface area contributed by atoms with Crippen LogP contribution in [0.4, 0.5) is 0 Å². The molecule has 4 fully saturated rings. The quantitative estimate of drug-likeness (QED) is 0.650. The van der Waals surface area contributed by atoms with E-state index in [9.17, 15) is 0 Å². The van der Waals surface area contributed by atoms with Gasteiger partial charge in [0.05, 0.1) is 0 Å². The molecule has 1 heterocycles. The Labute approximate surface area is 104 Å². The summed E-state index contributed by atoms with van der Waals surface area (Å²) in [7, 11) is 0. The van der Waals surface area contributed by atoms with E-state index < -0.39 is 0 Å². The molecule has 4 aliphatic rings. The Morgan fingerprint density at radius 3 is 2.18 bits per heavy atom. The first kappa shape index (κ1) is 10.1. The summed E-state index contributed by atoms with van der Waals surface area (Å²) in [6.45, 7) is 2.22. The van der Waals surface area contributed by atoms with Gasteiger partial charge in [-0.1, -0.05) is 0 Å². The average Bonchev–Trinajstić information content (AvgIpc) is 2.27. The molecule has 0 aliphatic heterocycles. The third-order valence-corrected chi connectivity index (χ3v) is 5.50. The van der Waals surface area contributed by atoms with E-state index in [2.05, 4.69) is 36.0 Å². The molecule has 0 aromatic carbocycles. The van der Waals surface area contributed by atoms with Crippen molar-refractivity contribution < 1.29 is 4.57 Å². The van der Waals surface area contributed by atoms with Crippen molar-refractivity contribution in [2.45, 2.75) is 51.0 Å². The van der Waals surface area contributed by atoms with Crippen molar-refractivity contribution in [2.75, 3.05) is 0 Å². The van der Waals surface area contributed by atoms with Crippen molar-refractivity contribution in [3.05, 3.63) is 30.1 Å². The van der Waals surface area contributed by atoms with Crippen LogP contribution in [0, 0.1) is 24.7 Å². The highest BCUT2D eigenvalue weighted by Gasteiger charge is 2.56. The summed E-state index contributed by atoms with van der Waals surface area (Å²) in [5.41, 5.74) is 1.91. The molecule has 90 valence electrons. The van der Waals surface area contributed by atoms with Gasteiger partial charge in [0.1, 0.15) is 0 Å². The number of rotatable bonds is 1. The number of pyridine rings is 1. The highest BCUT2D eigenvalue weighted by Crippen LogP contribution is 2.56. The van der Waals surface area contributed by atoms with E-state index in [-0.39, 0.29) is 0 Å². The summed E-state index contributed by atoms with van der Waals surface area (Å²) in [6.07, 6.45) is 13.7. The van der Waals surface area contributed by atoms with Gasteiger partial charge in [0, 0.05) is 30.9 Å². The molecule has 0 N–H and O–H groups in total. The molecular formula is C16H22N+. The molecule has 1 heteroatoms. The Kier molecular flexibility index (Phi) is 1.98. The van der Waals surface area contributed by atoms with Crippen LogP contribution in [0.25, 0.3) is 0 Å². The predicted molar refractivity (Wildman–Crippen MR) is 67.5 cm³/mol. The summed E-state index contributed by atoms with van der Waals surface area (Å²) in [5, 5.41) is 0. The summed E-state index contributed by atoms with van der Waals surface area (Å²) < 4.78 is 2.58. The molecule has 17 heavy (non-hydrogen) atoms. The Morgan fingerprint density at radius 2 is 1.65 bits per heavy atom. The summed E-state index contributed by atoms with van der Waals surface area (Å²) in [5.74, 6) is 3.11. The van der Waals surface area contributed by atoms with Crippen molar-refractivity contribution in [1.29, 1.82) is 0 Å². The fourth-order valence-electron chi connectivity index (χ4n) is 5.27. The van der Waals surface area contributed by atoms with Crippen LogP contribution in [0.3, 0.4) is 0 Å². The highest BCUT2D eigenvalue weighted by atomic mass is 15.0. The zero-order valence-electron chi connectivity index (χ0n) is 10.7. The Hall–Kier alpha value is -0.850. The first-order valence-electron chi connectivity index (χ1n) is 7.22. The first-order chi connectivity index (χ1) is 8.23. The van der Waals surface area contributed by atoms with Gasteiger partial charge in [-0.15, -0.1) is 0 Å². The first-order valence-corrected chi connectivity index (χ1v) is 7.22. The molecule has 1 nitrogen and oxygen atoms in total. The Bertz CT molecular complexity index is 413. The molecule has 4 bridgehead atoms. The maximum absolute atomic E-state index is 2.58. The van der Waals surface area contributed by atoms with Gasteiger partial charge in [0.25, 0.3) is 0 Å². The van der Waals surface area contributed by atoms with Gasteiger partial charge in [-0.25, -0.2) is 0 Å². The maximum atomic E-state index is 2.58. The topological polar surface area (TPSA) is 3.88 Å². The molecule has 0 spiro atoms. The lowest BCUT2D eigenvalue weighted by Crippen LogP contribution is -2.64. The van der Waals surface area contributed by atoms with Crippen LogP contribution in [0.1, 0.15) is 44.1 Å². The second-order valence-corrected chi connectivity index (χ2v) is 6.93. The predicted octanol–water partition coefficient (Wildman–Crippen LogP) is 3.21. The van der Waals surface area contributed by atoms with Crippen LogP contribution in [-0.2, 0) is 5.54 Å². The SMILES string of the molecule is Cc1ccc[n+](C23CC4CC(CC(C4)C2)C3)c1. The van der Waals surface area contributed by atoms with Gasteiger partial charge >= 0.3 is 0 Å². The summed E-state index contributed by atoms with van der Waals surface area (Å²) >= 11 is 0. The highest BCUT2D eigenvalue weighted by molar-refractivity contribution is 5.04. The number of aryl methyl sites for hydroxylation is 1. The smallest absolute Gasteiger partial charge is 0.172 e. The van der Waals surface area contributed by atoms with Gasteiger partial charge in [0.15, 0.2) is 17.9 Å². The Morgan fingerprint density at radius 1 is 1.06 bits per heavy atom. The second kappa shape index (κ2) is 3.34. The third kappa shape index (κ3) is 1.47. The lowest BCUT2D eigenvalue weighted by Gasteiger charge is -2.53. The van der Waals surface area contributed by atoms with Crippen LogP contribution in [0.15, 0.2) is 24.5 Å². The zero-order valence-corrected chi connectivity index (χ0v) is 10.7. The second-order valence-electron chi connectivity index (χ2n) is 6.93. The minimum absolute atomic E-state index is 0.501. The molecule has 4 saturated carbocycles. The lowest BCUT2D eigenvalue weighted by molar-refractivity contribution is -0.777. The molecule has 4 aliphatic carbocycles. The van der Waals surface area contributed by atoms with Crippen molar-refractivity contribution in [3.8, 4) is 0 Å². The molecular weight excluding hydrogens is 206 g/mol. The van der Waals surface area contributed by atoms with Gasteiger partial charge in [0.2, 0.25) is 0 Å². The fraction of sp³-hybridized carbons (Fsp3) is 0.688. The van der Waals surface area contributed by atoms with Crippen LogP contribution in [0.2, 0.25) is 0 Å². The third-order valence-electron chi connectivity index (χ3n) is 5.50. The minimum atomic E-state index is 0.501. The fourth-order valence-corrected chi connectivity index (χ4v) is 5.27.